The Morgan fingerprint density at radius 3 is 2.28 bits per heavy atom. The molecule has 0 bridgehead atoms. The molecule has 3 aromatic carbocycles. The average Bonchev–Trinajstić information content (AvgIpc) is 2.77. The molecule has 0 heterocycles. The van der Waals surface area contributed by atoms with Gasteiger partial charge in [-0.3, -0.25) is 9.79 Å². The molecule has 4 nitrogen and oxygen atoms in total. The first-order valence-corrected chi connectivity index (χ1v) is 10.4. The molecule has 0 atom stereocenters. The third-order valence-corrected chi connectivity index (χ3v) is 5.35. The number of ether oxygens (including phenoxy) is 1. The molecule has 0 saturated heterocycles. The number of aliphatic imine (C=N–C) groups is 1. The molecule has 0 aliphatic carbocycles. The van der Waals surface area contributed by atoms with E-state index in [2.05, 4.69) is 10.3 Å². The van der Waals surface area contributed by atoms with E-state index in [4.69, 9.17) is 27.9 Å². The largest absolute Gasteiger partial charge is 0.363 e. The van der Waals surface area contributed by atoms with Gasteiger partial charge in [-0.15, -0.1) is 0 Å². The molecule has 8 heteroatoms. The van der Waals surface area contributed by atoms with Crippen molar-refractivity contribution in [2.24, 2.45) is 4.99 Å². The van der Waals surface area contributed by atoms with E-state index < -0.39 is 17.5 Å². The Bertz CT molecular complexity index is 1140. The predicted octanol–water partition coefficient (Wildman–Crippen LogP) is 6.35. The van der Waals surface area contributed by atoms with Crippen LogP contribution < -0.4 is 5.32 Å². The van der Waals surface area contributed by atoms with Crippen LogP contribution in [0.4, 0.5) is 14.5 Å². The Morgan fingerprint density at radius 2 is 1.62 bits per heavy atom. The van der Waals surface area contributed by atoms with Gasteiger partial charge in [0.15, 0.2) is 0 Å². The maximum atomic E-state index is 13.8. The Morgan fingerprint density at radius 1 is 0.938 bits per heavy atom. The minimum Gasteiger partial charge on any atom is -0.363 e. The fraction of sp³-hybridized carbons (Fsp3) is 0.167. The van der Waals surface area contributed by atoms with Crippen LogP contribution in [0.2, 0.25) is 10.0 Å². The second-order valence-corrected chi connectivity index (χ2v) is 7.83. The lowest BCUT2D eigenvalue weighted by Crippen LogP contribution is -2.13. The zero-order chi connectivity index (χ0) is 23.1. The van der Waals surface area contributed by atoms with Gasteiger partial charge >= 0.3 is 0 Å². The maximum Gasteiger partial charge on any atom is 0.255 e. The highest BCUT2D eigenvalue weighted by Crippen LogP contribution is 2.23. The standard InChI is InChI=1S/C24H20Cl2F2N2O2/c1-32-14-29-19(11-16-4-8-20(25)21(26)12-16)10-15-2-5-17(6-3-15)24(31)30-23-9-7-18(27)13-22(23)28/h2-9,12-13H,10-11,14H2,1H3,(H,30,31). The quantitative estimate of drug-likeness (QED) is 0.384. The van der Waals surface area contributed by atoms with Crippen LogP contribution in [0.15, 0.2) is 65.7 Å². The van der Waals surface area contributed by atoms with E-state index in [-0.39, 0.29) is 12.4 Å². The van der Waals surface area contributed by atoms with Gasteiger partial charge in [0, 0.05) is 37.3 Å². The van der Waals surface area contributed by atoms with E-state index in [1.807, 2.05) is 6.07 Å². The second kappa shape index (κ2) is 11.2. The number of carbonyl (C=O) groups is 1. The summed E-state index contributed by atoms with van der Waals surface area (Å²) >= 11 is 12.1. The van der Waals surface area contributed by atoms with Crippen LogP contribution in [0.1, 0.15) is 21.5 Å². The van der Waals surface area contributed by atoms with Crippen molar-refractivity contribution < 1.29 is 18.3 Å². The van der Waals surface area contributed by atoms with Gasteiger partial charge in [-0.1, -0.05) is 41.4 Å². The summed E-state index contributed by atoms with van der Waals surface area (Å²) in [6, 6.07) is 15.3. The van der Waals surface area contributed by atoms with Gasteiger partial charge in [0.2, 0.25) is 0 Å². The number of carbonyl (C=O) groups excluding carboxylic acids is 1. The SMILES string of the molecule is COCN=C(Cc1ccc(C(=O)Nc2ccc(F)cc2F)cc1)Cc1ccc(Cl)c(Cl)c1. The number of hydrogen-bond donors (Lipinski definition) is 1. The summed E-state index contributed by atoms with van der Waals surface area (Å²) in [6.07, 6.45) is 1.10. The van der Waals surface area contributed by atoms with E-state index in [1.54, 1.807) is 43.5 Å². The van der Waals surface area contributed by atoms with Crippen LogP contribution in [0.5, 0.6) is 0 Å². The van der Waals surface area contributed by atoms with Gasteiger partial charge in [0.25, 0.3) is 5.91 Å². The molecule has 0 saturated carbocycles. The van der Waals surface area contributed by atoms with Crippen LogP contribution in [0.25, 0.3) is 0 Å². The molecule has 3 aromatic rings. The first-order chi connectivity index (χ1) is 15.4. The van der Waals surface area contributed by atoms with Gasteiger partial charge in [0.1, 0.15) is 18.4 Å². The molecule has 1 N–H and O–H groups in total. The van der Waals surface area contributed by atoms with Gasteiger partial charge < -0.3 is 10.1 Å². The molecule has 0 spiro atoms. The van der Waals surface area contributed by atoms with Crippen molar-refractivity contribution in [2.75, 3.05) is 19.2 Å². The highest BCUT2D eigenvalue weighted by Gasteiger charge is 2.11. The van der Waals surface area contributed by atoms with Crippen LogP contribution in [0, 0.1) is 11.6 Å². The smallest absolute Gasteiger partial charge is 0.255 e. The van der Waals surface area contributed by atoms with E-state index in [0.717, 1.165) is 22.9 Å². The summed E-state index contributed by atoms with van der Waals surface area (Å²) in [6.45, 7) is 0.223. The molecule has 0 aromatic heterocycles. The van der Waals surface area contributed by atoms with Crippen LogP contribution >= 0.6 is 23.2 Å². The normalized spacial score (nSPS) is 11.5. The number of rotatable bonds is 8. The lowest BCUT2D eigenvalue weighted by Gasteiger charge is -2.10. The number of methoxy groups -OCH3 is 1. The lowest BCUT2D eigenvalue weighted by molar-refractivity contribution is 0.102. The molecular formula is C24H20Cl2F2N2O2. The van der Waals surface area contributed by atoms with Crippen molar-refractivity contribution in [3.05, 3.63) is 99.0 Å². The van der Waals surface area contributed by atoms with E-state index in [1.165, 1.54) is 6.07 Å². The zero-order valence-corrected chi connectivity index (χ0v) is 18.7. The summed E-state index contributed by atoms with van der Waals surface area (Å²) < 4.78 is 31.9. The van der Waals surface area contributed by atoms with Gasteiger partial charge in [-0.2, -0.15) is 0 Å². The minimum atomic E-state index is -0.837. The molecule has 0 fully saturated rings. The van der Waals surface area contributed by atoms with Crippen molar-refractivity contribution in [1.82, 2.24) is 0 Å². The molecule has 166 valence electrons. The van der Waals surface area contributed by atoms with E-state index in [0.29, 0.717) is 34.5 Å². The molecule has 0 unspecified atom stereocenters. The number of amides is 1. The van der Waals surface area contributed by atoms with E-state index in [9.17, 15) is 13.6 Å². The number of hydrogen-bond acceptors (Lipinski definition) is 3. The molecule has 0 aliphatic heterocycles. The summed E-state index contributed by atoms with van der Waals surface area (Å²) in [5.74, 6) is -2.04. The predicted molar refractivity (Wildman–Crippen MR) is 124 cm³/mol. The maximum absolute atomic E-state index is 13.8. The number of benzene rings is 3. The third kappa shape index (κ3) is 6.60. The molecule has 1 amide bonds. The highest BCUT2D eigenvalue weighted by atomic mass is 35.5. The number of anilines is 1. The van der Waals surface area contributed by atoms with Crippen LogP contribution in [0.3, 0.4) is 0 Å². The summed E-state index contributed by atoms with van der Waals surface area (Å²) in [5, 5.41) is 3.40. The summed E-state index contributed by atoms with van der Waals surface area (Å²) in [4.78, 5) is 16.9. The molecule has 0 aliphatic rings. The molecular weight excluding hydrogens is 457 g/mol. The van der Waals surface area contributed by atoms with Crippen molar-refractivity contribution in [3.8, 4) is 0 Å². The zero-order valence-electron chi connectivity index (χ0n) is 17.2. The number of nitrogens with zero attached hydrogens (tertiary/aromatic N) is 1. The van der Waals surface area contributed by atoms with Crippen molar-refractivity contribution in [2.45, 2.75) is 12.8 Å². The van der Waals surface area contributed by atoms with Crippen molar-refractivity contribution in [1.29, 1.82) is 0 Å². The molecule has 3 rings (SSSR count). The van der Waals surface area contributed by atoms with Gasteiger partial charge in [-0.05, 0) is 47.5 Å². The monoisotopic (exact) mass is 476 g/mol. The van der Waals surface area contributed by atoms with Gasteiger partial charge in [-0.25, -0.2) is 8.78 Å². The Hall–Kier alpha value is -2.80. The Kier molecular flexibility index (Phi) is 8.33. The van der Waals surface area contributed by atoms with E-state index >= 15 is 0 Å². The first kappa shape index (κ1) is 23.9. The van der Waals surface area contributed by atoms with Crippen LogP contribution in [-0.4, -0.2) is 25.5 Å². The highest BCUT2D eigenvalue weighted by molar-refractivity contribution is 6.42. The first-order valence-electron chi connectivity index (χ1n) is 9.66. The summed E-state index contributed by atoms with van der Waals surface area (Å²) in [5.41, 5.74) is 3.03. The molecule has 32 heavy (non-hydrogen) atoms. The third-order valence-electron chi connectivity index (χ3n) is 4.61. The van der Waals surface area contributed by atoms with Crippen molar-refractivity contribution in [3.63, 3.8) is 0 Å². The topological polar surface area (TPSA) is 50.7 Å². The van der Waals surface area contributed by atoms with Gasteiger partial charge in [0.05, 0.1) is 15.7 Å². The fourth-order valence-electron chi connectivity index (χ4n) is 3.01. The number of halogens is 4. The Labute approximate surface area is 194 Å². The minimum absolute atomic E-state index is 0.0870. The average molecular weight is 477 g/mol. The second-order valence-electron chi connectivity index (χ2n) is 7.02. The summed E-state index contributed by atoms with van der Waals surface area (Å²) in [7, 11) is 1.57. The Balaban J connectivity index is 1.69. The van der Waals surface area contributed by atoms with Crippen LogP contribution in [-0.2, 0) is 17.6 Å². The fourth-order valence-corrected chi connectivity index (χ4v) is 3.33. The van der Waals surface area contributed by atoms with Crippen molar-refractivity contribution >= 4 is 40.5 Å². The number of nitrogens with one attached hydrogen (secondary N) is 1. The molecule has 0 radical (unpaired) electrons. The lowest BCUT2D eigenvalue weighted by atomic mass is 10.0.